The van der Waals surface area contributed by atoms with Gasteiger partial charge < -0.3 is 19.9 Å². The summed E-state index contributed by atoms with van der Waals surface area (Å²) in [6.45, 7) is 2.00. The lowest BCUT2D eigenvalue weighted by atomic mass is 10.2. The summed E-state index contributed by atoms with van der Waals surface area (Å²) < 4.78 is 6.11. The molecule has 0 aliphatic carbocycles. The summed E-state index contributed by atoms with van der Waals surface area (Å²) in [5, 5.41) is 3.56. The predicted molar refractivity (Wildman–Crippen MR) is 134 cm³/mol. The van der Waals surface area contributed by atoms with Gasteiger partial charge in [-0.25, -0.2) is 0 Å². The molecule has 1 fully saturated rings. The third kappa shape index (κ3) is 6.51. The Morgan fingerprint density at radius 1 is 0.912 bits per heavy atom. The molecule has 0 unspecified atom stereocenters. The van der Waals surface area contributed by atoms with Gasteiger partial charge in [-0.2, -0.15) is 0 Å². The van der Waals surface area contributed by atoms with Crippen LogP contribution in [-0.2, 0) is 16.1 Å². The van der Waals surface area contributed by atoms with Crippen LogP contribution in [0.15, 0.2) is 78.9 Å². The van der Waals surface area contributed by atoms with Crippen molar-refractivity contribution in [3.05, 3.63) is 89.4 Å². The zero-order valence-corrected chi connectivity index (χ0v) is 19.7. The van der Waals surface area contributed by atoms with E-state index < -0.39 is 0 Å². The first-order valence-electron chi connectivity index (χ1n) is 11.4. The maximum absolute atomic E-state index is 13.0. The van der Waals surface area contributed by atoms with E-state index >= 15 is 0 Å². The molecular weight excluding hydrogens is 450 g/mol. The topological polar surface area (TPSA) is 61.9 Å². The van der Waals surface area contributed by atoms with Gasteiger partial charge in [0.1, 0.15) is 5.75 Å². The van der Waals surface area contributed by atoms with Crippen molar-refractivity contribution < 1.29 is 14.3 Å². The normalized spacial score (nSPS) is 12.9. The van der Waals surface area contributed by atoms with Gasteiger partial charge in [0.05, 0.1) is 18.8 Å². The Kier molecular flexibility index (Phi) is 8.04. The molecule has 1 aliphatic heterocycles. The number of carbonyl (C=O) groups is 2. The minimum Gasteiger partial charge on any atom is -0.455 e. The van der Waals surface area contributed by atoms with E-state index in [2.05, 4.69) is 5.32 Å². The second-order valence-corrected chi connectivity index (χ2v) is 8.67. The van der Waals surface area contributed by atoms with E-state index in [1.54, 1.807) is 11.0 Å². The number of carbonyl (C=O) groups excluding carboxylic acids is 2. The molecule has 0 radical (unpaired) electrons. The summed E-state index contributed by atoms with van der Waals surface area (Å²) in [6.07, 6.45) is 2.03. The molecule has 0 bridgehead atoms. The standard InChI is InChI=1S/C27H28ClN3O3/c28-22-10-8-9-21(17-22)18-29-26(32)19-31(20-27(33)30-15-6-7-16-30)24-13-4-5-14-25(24)34-23-11-2-1-3-12-23/h1-5,8-14,17H,6-7,15-16,18-20H2,(H,29,32). The molecule has 0 spiro atoms. The number of rotatable bonds is 9. The number of nitrogens with one attached hydrogen (secondary N) is 1. The number of nitrogens with zero attached hydrogens (tertiary/aromatic N) is 2. The van der Waals surface area contributed by atoms with Crippen molar-refractivity contribution in [2.45, 2.75) is 19.4 Å². The Balaban J connectivity index is 1.52. The van der Waals surface area contributed by atoms with Crippen LogP contribution >= 0.6 is 11.6 Å². The number of likely N-dealkylation sites (tertiary alicyclic amines) is 1. The van der Waals surface area contributed by atoms with Crippen LogP contribution in [0, 0.1) is 0 Å². The molecule has 3 aromatic carbocycles. The van der Waals surface area contributed by atoms with Crippen LogP contribution in [-0.4, -0.2) is 42.9 Å². The Morgan fingerprint density at radius 3 is 2.41 bits per heavy atom. The van der Waals surface area contributed by atoms with E-state index in [1.807, 2.05) is 77.7 Å². The SMILES string of the molecule is O=C(CN(CC(=O)N1CCCC1)c1ccccc1Oc1ccccc1)NCc1cccc(Cl)c1. The van der Waals surface area contributed by atoms with Crippen molar-refractivity contribution in [3.63, 3.8) is 0 Å². The first-order valence-corrected chi connectivity index (χ1v) is 11.8. The summed E-state index contributed by atoms with van der Waals surface area (Å²) in [6, 6.07) is 24.3. The van der Waals surface area contributed by atoms with E-state index in [4.69, 9.17) is 16.3 Å². The molecule has 6 nitrogen and oxygen atoms in total. The summed E-state index contributed by atoms with van der Waals surface area (Å²) in [5.74, 6) is 1.09. The van der Waals surface area contributed by atoms with Gasteiger partial charge in [0.15, 0.2) is 5.75 Å². The fourth-order valence-corrected chi connectivity index (χ4v) is 4.17. The highest BCUT2D eigenvalue weighted by atomic mass is 35.5. The second-order valence-electron chi connectivity index (χ2n) is 8.23. The Hall–Kier alpha value is -3.51. The fourth-order valence-electron chi connectivity index (χ4n) is 3.95. The molecule has 0 aromatic heterocycles. The van der Waals surface area contributed by atoms with Gasteiger partial charge in [-0.15, -0.1) is 0 Å². The van der Waals surface area contributed by atoms with Crippen LogP contribution in [0.25, 0.3) is 0 Å². The van der Waals surface area contributed by atoms with Crippen LogP contribution in [0.4, 0.5) is 5.69 Å². The third-order valence-corrected chi connectivity index (χ3v) is 5.91. The molecule has 1 saturated heterocycles. The molecule has 34 heavy (non-hydrogen) atoms. The van der Waals surface area contributed by atoms with Gasteiger partial charge in [0.2, 0.25) is 11.8 Å². The van der Waals surface area contributed by atoms with Gasteiger partial charge in [0, 0.05) is 24.7 Å². The Morgan fingerprint density at radius 2 is 1.65 bits per heavy atom. The van der Waals surface area contributed by atoms with Crippen molar-refractivity contribution in [3.8, 4) is 11.5 Å². The number of hydrogen-bond donors (Lipinski definition) is 1. The molecule has 3 aromatic rings. The first-order chi connectivity index (χ1) is 16.6. The van der Waals surface area contributed by atoms with E-state index in [-0.39, 0.29) is 24.9 Å². The van der Waals surface area contributed by atoms with Crippen LogP contribution in [0.2, 0.25) is 5.02 Å². The quantitative estimate of drug-likeness (QED) is 0.477. The number of hydrogen-bond acceptors (Lipinski definition) is 4. The Bertz CT molecular complexity index is 1120. The number of ether oxygens (including phenoxy) is 1. The number of anilines is 1. The van der Waals surface area contributed by atoms with Gasteiger partial charge in [0.25, 0.3) is 0 Å². The van der Waals surface area contributed by atoms with Gasteiger partial charge in [-0.1, -0.05) is 54.1 Å². The van der Waals surface area contributed by atoms with Crippen molar-refractivity contribution in [1.82, 2.24) is 10.2 Å². The molecule has 0 saturated carbocycles. The molecule has 1 N–H and O–H groups in total. The number of benzene rings is 3. The summed E-state index contributed by atoms with van der Waals surface area (Å²) in [4.78, 5) is 29.5. The van der Waals surface area contributed by atoms with Gasteiger partial charge >= 0.3 is 0 Å². The molecule has 0 atom stereocenters. The lowest BCUT2D eigenvalue weighted by Crippen LogP contribution is -2.43. The largest absolute Gasteiger partial charge is 0.455 e. The zero-order valence-electron chi connectivity index (χ0n) is 19.0. The highest BCUT2D eigenvalue weighted by Crippen LogP contribution is 2.32. The van der Waals surface area contributed by atoms with E-state index in [9.17, 15) is 9.59 Å². The summed E-state index contributed by atoms with van der Waals surface area (Å²) >= 11 is 6.05. The maximum Gasteiger partial charge on any atom is 0.242 e. The minimum absolute atomic E-state index is 0.00894. The molecule has 7 heteroatoms. The molecule has 2 amide bonds. The van der Waals surface area contributed by atoms with Crippen LogP contribution in [0.5, 0.6) is 11.5 Å². The van der Waals surface area contributed by atoms with Crippen molar-refractivity contribution in [2.24, 2.45) is 0 Å². The van der Waals surface area contributed by atoms with E-state index in [0.717, 1.165) is 31.5 Å². The minimum atomic E-state index is -0.191. The third-order valence-electron chi connectivity index (χ3n) is 5.68. The van der Waals surface area contributed by atoms with Crippen molar-refractivity contribution >= 4 is 29.1 Å². The number of para-hydroxylation sites is 3. The summed E-state index contributed by atoms with van der Waals surface area (Å²) in [5.41, 5.74) is 1.60. The van der Waals surface area contributed by atoms with Gasteiger partial charge in [-0.3, -0.25) is 9.59 Å². The Labute approximate surface area is 205 Å². The van der Waals surface area contributed by atoms with Crippen LogP contribution in [0.1, 0.15) is 18.4 Å². The van der Waals surface area contributed by atoms with Crippen molar-refractivity contribution in [2.75, 3.05) is 31.1 Å². The molecule has 1 aliphatic rings. The second kappa shape index (κ2) is 11.6. The van der Waals surface area contributed by atoms with Crippen LogP contribution < -0.4 is 15.0 Å². The molecular formula is C27H28ClN3O3. The fraction of sp³-hybridized carbons (Fsp3) is 0.259. The van der Waals surface area contributed by atoms with E-state index in [0.29, 0.717) is 28.8 Å². The monoisotopic (exact) mass is 477 g/mol. The highest BCUT2D eigenvalue weighted by Gasteiger charge is 2.24. The van der Waals surface area contributed by atoms with Crippen LogP contribution in [0.3, 0.4) is 0 Å². The number of amides is 2. The molecule has 176 valence electrons. The molecule has 1 heterocycles. The maximum atomic E-state index is 13.0. The highest BCUT2D eigenvalue weighted by molar-refractivity contribution is 6.30. The smallest absolute Gasteiger partial charge is 0.242 e. The average molecular weight is 478 g/mol. The summed E-state index contributed by atoms with van der Waals surface area (Å²) in [7, 11) is 0. The average Bonchev–Trinajstić information content (AvgIpc) is 3.39. The van der Waals surface area contributed by atoms with Gasteiger partial charge in [-0.05, 0) is 54.8 Å². The lowest BCUT2D eigenvalue weighted by Gasteiger charge is -2.28. The first kappa shape index (κ1) is 23.6. The molecule has 4 rings (SSSR count). The lowest BCUT2D eigenvalue weighted by molar-refractivity contribution is -0.128. The predicted octanol–water partition coefficient (Wildman–Crippen LogP) is 4.88. The van der Waals surface area contributed by atoms with E-state index in [1.165, 1.54) is 0 Å². The zero-order chi connectivity index (χ0) is 23.8. The van der Waals surface area contributed by atoms with Crippen molar-refractivity contribution in [1.29, 1.82) is 0 Å². The number of halogens is 1.